The van der Waals surface area contributed by atoms with Gasteiger partial charge in [0.25, 0.3) is 0 Å². The summed E-state index contributed by atoms with van der Waals surface area (Å²) in [5, 5.41) is 0.923. The molecule has 7 heteroatoms. The van der Waals surface area contributed by atoms with Gasteiger partial charge in [0.05, 0.1) is 23.8 Å². The minimum absolute atomic E-state index is 0.124. The molecule has 3 rings (SSSR count). The second-order valence-electron chi connectivity index (χ2n) is 4.92. The van der Waals surface area contributed by atoms with Crippen LogP contribution in [-0.2, 0) is 6.42 Å². The molecule has 1 aromatic carbocycles. The van der Waals surface area contributed by atoms with E-state index >= 15 is 0 Å². The lowest BCUT2D eigenvalue weighted by Gasteiger charge is -2.08. The summed E-state index contributed by atoms with van der Waals surface area (Å²) in [7, 11) is 0. The van der Waals surface area contributed by atoms with E-state index in [0.717, 1.165) is 0 Å². The summed E-state index contributed by atoms with van der Waals surface area (Å²) in [6, 6.07) is 8.24. The van der Waals surface area contributed by atoms with Gasteiger partial charge in [0, 0.05) is 22.5 Å². The Kier molecular flexibility index (Phi) is 5.03. The summed E-state index contributed by atoms with van der Waals surface area (Å²) in [5.74, 6) is 0.767. The summed E-state index contributed by atoms with van der Waals surface area (Å²) in [6.07, 6.45) is 6.09. The van der Waals surface area contributed by atoms with Crippen molar-refractivity contribution >= 4 is 29.0 Å². The molecule has 0 bridgehead atoms. The fourth-order valence-corrected chi connectivity index (χ4v) is 2.37. The first-order valence-electron chi connectivity index (χ1n) is 6.97. The lowest BCUT2D eigenvalue weighted by Crippen LogP contribution is -2.05. The van der Waals surface area contributed by atoms with Crippen LogP contribution < -0.4 is 4.74 Å². The highest BCUT2D eigenvalue weighted by molar-refractivity contribution is 6.31. The number of halogens is 2. The number of carbonyl (C=O) groups excluding carboxylic acids is 1. The number of ketones is 1. The van der Waals surface area contributed by atoms with Crippen molar-refractivity contribution in [2.24, 2.45) is 0 Å². The Morgan fingerprint density at radius 2 is 1.75 bits per heavy atom. The average molecular weight is 360 g/mol. The summed E-state index contributed by atoms with van der Waals surface area (Å²) >= 11 is 11.9. The van der Waals surface area contributed by atoms with E-state index in [9.17, 15) is 4.79 Å². The van der Waals surface area contributed by atoms with Gasteiger partial charge in [-0.2, -0.15) is 0 Å². The number of ether oxygens (including phenoxy) is 1. The molecule has 0 aliphatic heterocycles. The zero-order chi connectivity index (χ0) is 16.9. The molecule has 3 aromatic rings. The molecule has 0 unspecified atom stereocenters. The summed E-state index contributed by atoms with van der Waals surface area (Å²) in [5.41, 5.74) is 1.06. The molecule has 0 aliphatic carbocycles. The first-order chi connectivity index (χ1) is 11.6. The first-order valence-corrected chi connectivity index (χ1v) is 7.73. The van der Waals surface area contributed by atoms with Gasteiger partial charge < -0.3 is 4.74 Å². The number of carbonyl (C=O) groups is 1. The van der Waals surface area contributed by atoms with E-state index in [1.165, 1.54) is 24.9 Å². The Hall–Kier alpha value is -2.50. The Balaban J connectivity index is 1.80. The van der Waals surface area contributed by atoms with Crippen molar-refractivity contribution in [1.82, 2.24) is 15.0 Å². The van der Waals surface area contributed by atoms with E-state index in [2.05, 4.69) is 15.0 Å². The largest absolute Gasteiger partial charge is 0.454 e. The molecular weight excluding hydrogens is 349 g/mol. The van der Waals surface area contributed by atoms with E-state index in [1.807, 2.05) is 0 Å². The van der Waals surface area contributed by atoms with Crippen molar-refractivity contribution in [1.29, 1.82) is 0 Å². The van der Waals surface area contributed by atoms with Gasteiger partial charge in [0.2, 0.25) is 0 Å². The van der Waals surface area contributed by atoms with Gasteiger partial charge in [-0.05, 0) is 30.3 Å². The topological polar surface area (TPSA) is 65.0 Å². The van der Waals surface area contributed by atoms with Crippen LogP contribution >= 0.6 is 23.2 Å². The number of aromatic nitrogens is 3. The Morgan fingerprint density at radius 3 is 2.46 bits per heavy atom. The maximum Gasteiger partial charge on any atom is 0.169 e. The Bertz CT molecular complexity index is 855. The second kappa shape index (κ2) is 7.38. The quantitative estimate of drug-likeness (QED) is 0.631. The third-order valence-electron chi connectivity index (χ3n) is 3.10. The van der Waals surface area contributed by atoms with Gasteiger partial charge in [-0.1, -0.05) is 23.2 Å². The average Bonchev–Trinajstić information content (AvgIpc) is 2.57. The van der Waals surface area contributed by atoms with Gasteiger partial charge >= 0.3 is 0 Å². The number of hydrogen-bond acceptors (Lipinski definition) is 5. The van der Waals surface area contributed by atoms with Gasteiger partial charge in [0.15, 0.2) is 11.5 Å². The molecule has 0 N–H and O–H groups in total. The fraction of sp³-hybridized carbons (Fsp3) is 0.0588. The molecule has 0 atom stereocenters. The van der Waals surface area contributed by atoms with E-state index in [1.54, 1.807) is 30.3 Å². The van der Waals surface area contributed by atoms with Crippen LogP contribution in [0, 0.1) is 0 Å². The number of nitrogens with zero attached hydrogens (tertiary/aromatic N) is 3. The molecule has 24 heavy (non-hydrogen) atoms. The van der Waals surface area contributed by atoms with Crippen molar-refractivity contribution in [3.63, 3.8) is 0 Å². The SMILES string of the molecule is O=C(Cc1ccc(Cl)cn1)c1cc(Cl)cc(Oc2cncnc2)c1. The van der Waals surface area contributed by atoms with Crippen molar-refractivity contribution in [3.05, 3.63) is 76.6 Å². The van der Waals surface area contributed by atoms with Crippen LogP contribution in [0.5, 0.6) is 11.5 Å². The third kappa shape index (κ3) is 4.28. The number of Topliss-reactive ketones (excluding diaryl/α,β-unsaturated/α-hetero) is 1. The van der Waals surface area contributed by atoms with Gasteiger partial charge in [0.1, 0.15) is 12.1 Å². The van der Waals surface area contributed by atoms with E-state index < -0.39 is 0 Å². The van der Waals surface area contributed by atoms with Crippen LogP contribution in [0.1, 0.15) is 16.1 Å². The number of benzene rings is 1. The lowest BCUT2D eigenvalue weighted by atomic mass is 10.1. The van der Waals surface area contributed by atoms with Crippen LogP contribution in [0.25, 0.3) is 0 Å². The predicted octanol–water partition coefficient (Wildman–Crippen LogP) is 4.40. The maximum absolute atomic E-state index is 12.4. The molecule has 120 valence electrons. The molecule has 0 aliphatic rings. The molecular formula is C17H11Cl2N3O2. The number of hydrogen-bond donors (Lipinski definition) is 0. The normalized spacial score (nSPS) is 10.4. The molecule has 0 spiro atoms. The molecule has 0 saturated carbocycles. The van der Waals surface area contributed by atoms with Gasteiger partial charge in [-0.3, -0.25) is 9.78 Å². The predicted molar refractivity (Wildman–Crippen MR) is 90.8 cm³/mol. The van der Waals surface area contributed by atoms with Crippen molar-refractivity contribution in [2.75, 3.05) is 0 Å². The van der Waals surface area contributed by atoms with Crippen LogP contribution in [0.4, 0.5) is 0 Å². The fourth-order valence-electron chi connectivity index (χ4n) is 2.03. The molecule has 0 saturated heterocycles. The van der Waals surface area contributed by atoms with Crippen molar-refractivity contribution in [2.45, 2.75) is 6.42 Å². The van der Waals surface area contributed by atoms with E-state index in [-0.39, 0.29) is 12.2 Å². The lowest BCUT2D eigenvalue weighted by molar-refractivity contribution is 0.0991. The monoisotopic (exact) mass is 359 g/mol. The van der Waals surface area contributed by atoms with Gasteiger partial charge in [-0.15, -0.1) is 0 Å². The number of rotatable bonds is 5. The molecule has 0 amide bonds. The van der Waals surface area contributed by atoms with Crippen molar-refractivity contribution < 1.29 is 9.53 Å². The minimum atomic E-state index is -0.124. The summed E-state index contributed by atoms with van der Waals surface area (Å²) in [6.45, 7) is 0. The van der Waals surface area contributed by atoms with Crippen LogP contribution in [-0.4, -0.2) is 20.7 Å². The van der Waals surface area contributed by atoms with Gasteiger partial charge in [-0.25, -0.2) is 9.97 Å². The Morgan fingerprint density at radius 1 is 0.958 bits per heavy atom. The smallest absolute Gasteiger partial charge is 0.169 e. The van der Waals surface area contributed by atoms with Crippen LogP contribution in [0.15, 0.2) is 55.2 Å². The first kappa shape index (κ1) is 16.4. The standard InChI is InChI=1S/C17H11Cl2N3O2/c18-12-1-2-14(22-7-12)6-17(23)11-3-13(19)5-15(4-11)24-16-8-20-10-21-9-16/h1-5,7-10H,6H2. The molecule has 0 fully saturated rings. The summed E-state index contributed by atoms with van der Waals surface area (Å²) in [4.78, 5) is 24.3. The van der Waals surface area contributed by atoms with E-state index in [0.29, 0.717) is 32.8 Å². The maximum atomic E-state index is 12.4. The summed E-state index contributed by atoms with van der Waals surface area (Å²) < 4.78 is 5.62. The third-order valence-corrected chi connectivity index (χ3v) is 3.54. The molecule has 2 heterocycles. The van der Waals surface area contributed by atoms with E-state index in [4.69, 9.17) is 27.9 Å². The molecule has 5 nitrogen and oxygen atoms in total. The zero-order valence-electron chi connectivity index (χ0n) is 12.3. The number of pyridine rings is 1. The highest BCUT2D eigenvalue weighted by Gasteiger charge is 2.11. The zero-order valence-corrected chi connectivity index (χ0v) is 13.8. The molecule has 0 radical (unpaired) electrons. The minimum Gasteiger partial charge on any atom is -0.454 e. The highest BCUT2D eigenvalue weighted by Crippen LogP contribution is 2.26. The highest BCUT2D eigenvalue weighted by atomic mass is 35.5. The van der Waals surface area contributed by atoms with Crippen LogP contribution in [0.3, 0.4) is 0 Å². The second-order valence-corrected chi connectivity index (χ2v) is 5.79. The Labute approximate surface area is 148 Å². The van der Waals surface area contributed by atoms with Crippen LogP contribution in [0.2, 0.25) is 10.0 Å². The van der Waals surface area contributed by atoms with Crippen molar-refractivity contribution in [3.8, 4) is 11.5 Å². The molecule has 2 aromatic heterocycles.